The highest BCUT2D eigenvalue weighted by Crippen LogP contribution is 2.24. The van der Waals surface area contributed by atoms with E-state index in [0.717, 1.165) is 22.3 Å². The minimum atomic E-state index is -0.674. The molecule has 0 fully saturated rings. The average molecular weight is 384 g/mol. The maximum atomic E-state index is 13.8. The molecule has 0 saturated heterocycles. The molecule has 0 radical (unpaired) electrons. The number of nitrogens with zero attached hydrogens (tertiary/aromatic N) is 1. The molecule has 0 atom stereocenters. The Kier molecular flexibility index (Phi) is 5.61. The molecule has 0 spiro atoms. The Hall–Kier alpha value is -3.06. The van der Waals surface area contributed by atoms with Gasteiger partial charge in [0.1, 0.15) is 11.6 Å². The highest BCUT2D eigenvalue weighted by atomic mass is 32.1. The van der Waals surface area contributed by atoms with E-state index in [-0.39, 0.29) is 29.6 Å². The Morgan fingerprint density at radius 3 is 2.70 bits per heavy atom. The van der Waals surface area contributed by atoms with Crippen molar-refractivity contribution in [1.29, 1.82) is 0 Å². The van der Waals surface area contributed by atoms with E-state index in [4.69, 9.17) is 4.74 Å². The Morgan fingerprint density at radius 2 is 2.04 bits per heavy atom. The Bertz CT molecular complexity index is 1000. The lowest BCUT2D eigenvalue weighted by molar-refractivity contribution is -0.118. The van der Waals surface area contributed by atoms with Gasteiger partial charge in [0.05, 0.1) is 16.3 Å². The van der Waals surface area contributed by atoms with Crippen LogP contribution in [0.1, 0.15) is 22.3 Å². The maximum absolute atomic E-state index is 13.8. The van der Waals surface area contributed by atoms with Crippen molar-refractivity contribution < 1.29 is 18.7 Å². The molecule has 1 amide bonds. The minimum Gasteiger partial charge on any atom is -0.484 e. The monoisotopic (exact) mass is 384 g/mol. The summed E-state index contributed by atoms with van der Waals surface area (Å²) in [5, 5.41) is 5.66. The summed E-state index contributed by atoms with van der Waals surface area (Å²) in [5.41, 5.74) is 2.36. The van der Waals surface area contributed by atoms with Crippen LogP contribution in [-0.4, -0.2) is 23.3 Å². The molecular weight excluding hydrogens is 367 g/mol. The van der Waals surface area contributed by atoms with Crippen LogP contribution >= 0.6 is 11.3 Å². The SMILES string of the molecule is CC(=O)c1ccc(OCC(=O)Nc2cccc(-c3csc(C)n3)c2)cc1F. The highest BCUT2D eigenvalue weighted by Gasteiger charge is 2.10. The predicted molar refractivity (Wildman–Crippen MR) is 103 cm³/mol. The third-order valence-electron chi connectivity index (χ3n) is 3.75. The number of carbonyl (C=O) groups is 2. The van der Waals surface area contributed by atoms with Crippen molar-refractivity contribution in [2.45, 2.75) is 13.8 Å². The van der Waals surface area contributed by atoms with E-state index in [1.165, 1.54) is 19.1 Å². The fourth-order valence-electron chi connectivity index (χ4n) is 2.47. The Labute approximate surface area is 159 Å². The third-order valence-corrected chi connectivity index (χ3v) is 4.52. The first-order valence-corrected chi connectivity index (χ1v) is 9.06. The van der Waals surface area contributed by atoms with Gasteiger partial charge in [-0.3, -0.25) is 9.59 Å². The summed E-state index contributed by atoms with van der Waals surface area (Å²) < 4.78 is 19.1. The second-order valence-electron chi connectivity index (χ2n) is 5.87. The number of rotatable bonds is 6. The molecule has 1 N–H and O–H groups in total. The van der Waals surface area contributed by atoms with Crippen molar-refractivity contribution in [1.82, 2.24) is 4.98 Å². The molecule has 1 heterocycles. The molecule has 0 bridgehead atoms. The molecule has 7 heteroatoms. The zero-order valence-electron chi connectivity index (χ0n) is 14.8. The van der Waals surface area contributed by atoms with E-state index in [0.29, 0.717) is 5.69 Å². The second kappa shape index (κ2) is 8.09. The number of thiazole rings is 1. The summed E-state index contributed by atoms with van der Waals surface area (Å²) in [6.07, 6.45) is 0. The summed E-state index contributed by atoms with van der Waals surface area (Å²) >= 11 is 1.56. The molecule has 0 aliphatic heterocycles. The van der Waals surface area contributed by atoms with E-state index in [1.54, 1.807) is 17.4 Å². The van der Waals surface area contributed by atoms with Crippen LogP contribution in [0.5, 0.6) is 5.75 Å². The van der Waals surface area contributed by atoms with Gasteiger partial charge < -0.3 is 10.1 Å². The van der Waals surface area contributed by atoms with Crippen LogP contribution in [0.2, 0.25) is 0 Å². The first-order valence-electron chi connectivity index (χ1n) is 8.18. The van der Waals surface area contributed by atoms with Gasteiger partial charge in [0.15, 0.2) is 12.4 Å². The van der Waals surface area contributed by atoms with E-state index in [2.05, 4.69) is 10.3 Å². The number of hydrogen-bond acceptors (Lipinski definition) is 5. The summed E-state index contributed by atoms with van der Waals surface area (Å²) in [7, 11) is 0. The number of aryl methyl sites for hydroxylation is 1. The summed E-state index contributed by atoms with van der Waals surface area (Å²) in [6, 6.07) is 11.2. The van der Waals surface area contributed by atoms with Crippen LogP contribution in [0.3, 0.4) is 0 Å². The smallest absolute Gasteiger partial charge is 0.262 e. The molecule has 3 aromatic rings. The molecule has 1 aromatic heterocycles. The summed E-state index contributed by atoms with van der Waals surface area (Å²) in [6.45, 7) is 2.94. The van der Waals surface area contributed by atoms with Crippen LogP contribution in [0.4, 0.5) is 10.1 Å². The predicted octanol–water partition coefficient (Wildman–Crippen LogP) is 4.48. The lowest BCUT2D eigenvalue weighted by Crippen LogP contribution is -2.20. The second-order valence-corrected chi connectivity index (χ2v) is 6.93. The molecule has 138 valence electrons. The van der Waals surface area contributed by atoms with Gasteiger partial charge in [-0.05, 0) is 38.1 Å². The summed E-state index contributed by atoms with van der Waals surface area (Å²) in [5.74, 6) is -1.24. The lowest BCUT2D eigenvalue weighted by Gasteiger charge is -2.09. The highest BCUT2D eigenvalue weighted by molar-refractivity contribution is 7.09. The lowest BCUT2D eigenvalue weighted by atomic mass is 10.1. The number of aromatic nitrogens is 1. The van der Waals surface area contributed by atoms with Crippen molar-refractivity contribution >= 4 is 28.7 Å². The van der Waals surface area contributed by atoms with Gasteiger partial charge in [0.25, 0.3) is 5.91 Å². The van der Waals surface area contributed by atoms with Gasteiger partial charge >= 0.3 is 0 Å². The third kappa shape index (κ3) is 4.77. The van der Waals surface area contributed by atoms with Gasteiger partial charge in [-0.1, -0.05) is 12.1 Å². The first kappa shape index (κ1) is 18.7. The van der Waals surface area contributed by atoms with Crippen molar-refractivity contribution in [2.75, 3.05) is 11.9 Å². The number of ether oxygens (including phenoxy) is 1. The zero-order chi connectivity index (χ0) is 19.4. The van der Waals surface area contributed by atoms with E-state index >= 15 is 0 Å². The molecule has 0 unspecified atom stereocenters. The van der Waals surface area contributed by atoms with Crippen LogP contribution < -0.4 is 10.1 Å². The average Bonchev–Trinajstić information content (AvgIpc) is 3.06. The molecule has 0 saturated carbocycles. The molecule has 5 nitrogen and oxygen atoms in total. The fraction of sp³-hybridized carbons (Fsp3) is 0.150. The van der Waals surface area contributed by atoms with Crippen molar-refractivity contribution in [2.24, 2.45) is 0 Å². The minimum absolute atomic E-state index is 0.0131. The number of benzene rings is 2. The number of anilines is 1. The number of hydrogen-bond donors (Lipinski definition) is 1. The van der Waals surface area contributed by atoms with Gasteiger partial charge in [0, 0.05) is 22.7 Å². The number of amides is 1. The Morgan fingerprint density at radius 1 is 1.22 bits per heavy atom. The van der Waals surface area contributed by atoms with Crippen LogP contribution in [0, 0.1) is 12.7 Å². The van der Waals surface area contributed by atoms with Crippen molar-refractivity contribution in [3.8, 4) is 17.0 Å². The topological polar surface area (TPSA) is 68.3 Å². The number of carbonyl (C=O) groups excluding carboxylic acids is 2. The molecule has 0 aliphatic rings. The molecular formula is C20H17FN2O3S. The van der Waals surface area contributed by atoms with Gasteiger partial charge in [-0.15, -0.1) is 11.3 Å². The molecule has 27 heavy (non-hydrogen) atoms. The van der Waals surface area contributed by atoms with E-state index < -0.39 is 5.82 Å². The van der Waals surface area contributed by atoms with Gasteiger partial charge in [-0.25, -0.2) is 9.37 Å². The number of halogens is 1. The molecule has 2 aromatic carbocycles. The van der Waals surface area contributed by atoms with Crippen molar-refractivity contribution in [3.05, 3.63) is 64.2 Å². The van der Waals surface area contributed by atoms with Crippen molar-refractivity contribution in [3.63, 3.8) is 0 Å². The molecule has 3 rings (SSSR count). The quantitative estimate of drug-likeness (QED) is 0.637. The van der Waals surface area contributed by atoms with Crippen LogP contribution in [-0.2, 0) is 4.79 Å². The number of nitrogens with one attached hydrogen (secondary N) is 1. The maximum Gasteiger partial charge on any atom is 0.262 e. The van der Waals surface area contributed by atoms with Crippen LogP contribution in [0.25, 0.3) is 11.3 Å². The normalized spacial score (nSPS) is 10.5. The van der Waals surface area contributed by atoms with Gasteiger partial charge in [-0.2, -0.15) is 0 Å². The zero-order valence-corrected chi connectivity index (χ0v) is 15.6. The standard InChI is InChI=1S/C20H17FN2O3S/c1-12(24)17-7-6-16(9-18(17)21)26-10-20(25)23-15-5-3-4-14(8-15)19-11-27-13(2)22-19/h3-9,11H,10H2,1-2H3,(H,23,25). The number of ketones is 1. The number of Topliss-reactive ketones (excluding diaryl/α,β-unsaturated/α-hetero) is 1. The largest absolute Gasteiger partial charge is 0.484 e. The molecule has 0 aliphatic carbocycles. The Balaban J connectivity index is 1.61. The van der Waals surface area contributed by atoms with Crippen LogP contribution in [0.15, 0.2) is 47.8 Å². The van der Waals surface area contributed by atoms with E-state index in [9.17, 15) is 14.0 Å². The summed E-state index contributed by atoms with van der Waals surface area (Å²) in [4.78, 5) is 27.8. The van der Waals surface area contributed by atoms with Gasteiger partial charge in [0.2, 0.25) is 0 Å². The first-order chi connectivity index (χ1) is 12.9. The fourth-order valence-corrected chi connectivity index (χ4v) is 3.09. The van der Waals surface area contributed by atoms with E-state index in [1.807, 2.05) is 30.5 Å².